The quantitative estimate of drug-likeness (QED) is 0.828. The predicted octanol–water partition coefficient (Wildman–Crippen LogP) is 1.18. The van der Waals surface area contributed by atoms with Crippen LogP contribution in [0.1, 0.15) is 33.2 Å². The molecule has 16 heavy (non-hydrogen) atoms. The van der Waals surface area contributed by atoms with Gasteiger partial charge in [0.15, 0.2) is 5.69 Å². The molecule has 1 saturated carbocycles. The number of amides is 1. The molecule has 1 amide bonds. The Morgan fingerprint density at radius 1 is 1.56 bits per heavy atom. The van der Waals surface area contributed by atoms with Crippen LogP contribution >= 0.6 is 11.3 Å². The summed E-state index contributed by atoms with van der Waals surface area (Å²) in [6.07, 6.45) is 1.92. The summed E-state index contributed by atoms with van der Waals surface area (Å²) in [7, 11) is 0. The molecule has 1 aliphatic carbocycles. The molecule has 86 valence electrons. The summed E-state index contributed by atoms with van der Waals surface area (Å²) in [6.45, 7) is 2.04. The van der Waals surface area contributed by atoms with Gasteiger partial charge in [-0.25, -0.2) is 9.78 Å². The van der Waals surface area contributed by atoms with Crippen LogP contribution in [-0.4, -0.2) is 22.0 Å². The van der Waals surface area contributed by atoms with Crippen LogP contribution < -0.4 is 5.32 Å². The summed E-state index contributed by atoms with van der Waals surface area (Å²) in [5, 5.41) is 12.2. The minimum atomic E-state index is -1.02. The molecule has 0 aromatic carbocycles. The summed E-state index contributed by atoms with van der Waals surface area (Å²) in [5.74, 6) is -0.807. The van der Waals surface area contributed by atoms with Crippen molar-refractivity contribution in [2.24, 2.45) is 5.92 Å². The van der Waals surface area contributed by atoms with Gasteiger partial charge in [0.2, 0.25) is 5.91 Å². The molecule has 1 aromatic rings. The molecule has 5 nitrogen and oxygen atoms in total. The molecule has 0 saturated heterocycles. The van der Waals surface area contributed by atoms with E-state index in [4.69, 9.17) is 5.11 Å². The van der Waals surface area contributed by atoms with Crippen LogP contribution in [0.25, 0.3) is 0 Å². The third-order valence-corrected chi connectivity index (χ3v) is 3.38. The number of carboxylic acids is 1. The summed E-state index contributed by atoms with van der Waals surface area (Å²) in [5.41, 5.74) is 0.0840. The molecule has 2 N–H and O–H groups in total. The van der Waals surface area contributed by atoms with Crippen molar-refractivity contribution in [1.82, 2.24) is 10.3 Å². The van der Waals surface area contributed by atoms with Crippen LogP contribution in [-0.2, 0) is 11.3 Å². The monoisotopic (exact) mass is 240 g/mol. The molecule has 0 aliphatic heterocycles. The summed E-state index contributed by atoms with van der Waals surface area (Å²) in [4.78, 5) is 26.7. The highest BCUT2D eigenvalue weighted by atomic mass is 32.1. The van der Waals surface area contributed by atoms with Gasteiger partial charge in [0.25, 0.3) is 0 Å². The second kappa shape index (κ2) is 4.21. The number of aryl methyl sites for hydroxylation is 1. The number of nitrogens with one attached hydrogen (secondary N) is 1. The molecule has 1 aliphatic rings. The van der Waals surface area contributed by atoms with E-state index in [0.29, 0.717) is 16.4 Å². The van der Waals surface area contributed by atoms with Crippen LogP contribution in [0.5, 0.6) is 0 Å². The Morgan fingerprint density at radius 3 is 2.75 bits per heavy atom. The Morgan fingerprint density at radius 2 is 2.25 bits per heavy atom. The topological polar surface area (TPSA) is 79.3 Å². The highest BCUT2D eigenvalue weighted by Gasteiger charge is 2.29. The summed E-state index contributed by atoms with van der Waals surface area (Å²) >= 11 is 1.31. The van der Waals surface area contributed by atoms with Gasteiger partial charge in [0, 0.05) is 10.8 Å². The molecule has 2 rings (SSSR count). The predicted molar refractivity (Wildman–Crippen MR) is 58.4 cm³/mol. The molecule has 6 heteroatoms. The SMILES string of the molecule is Cc1sc(CNC(=O)C2CC2)nc1C(=O)O. The lowest BCUT2D eigenvalue weighted by atomic mass is 10.4. The molecule has 1 heterocycles. The van der Waals surface area contributed by atoms with Gasteiger partial charge in [-0.15, -0.1) is 11.3 Å². The number of rotatable bonds is 4. The van der Waals surface area contributed by atoms with Gasteiger partial charge < -0.3 is 10.4 Å². The van der Waals surface area contributed by atoms with Gasteiger partial charge in [0.05, 0.1) is 6.54 Å². The lowest BCUT2D eigenvalue weighted by Crippen LogP contribution is -2.24. The van der Waals surface area contributed by atoms with Crippen molar-refractivity contribution in [2.45, 2.75) is 26.3 Å². The van der Waals surface area contributed by atoms with E-state index in [0.717, 1.165) is 12.8 Å². The third-order valence-electron chi connectivity index (χ3n) is 2.41. The Hall–Kier alpha value is -1.43. The van der Waals surface area contributed by atoms with Gasteiger partial charge in [-0.1, -0.05) is 0 Å². The summed E-state index contributed by atoms with van der Waals surface area (Å²) in [6, 6.07) is 0. The zero-order valence-electron chi connectivity index (χ0n) is 8.82. The van der Waals surface area contributed by atoms with Crippen molar-refractivity contribution in [3.63, 3.8) is 0 Å². The summed E-state index contributed by atoms with van der Waals surface area (Å²) < 4.78 is 0. The van der Waals surface area contributed by atoms with Crippen molar-refractivity contribution in [3.05, 3.63) is 15.6 Å². The average Bonchev–Trinajstić information content (AvgIpc) is 2.99. The Balaban J connectivity index is 1.96. The zero-order chi connectivity index (χ0) is 11.7. The van der Waals surface area contributed by atoms with Crippen molar-refractivity contribution in [1.29, 1.82) is 0 Å². The number of aromatic carboxylic acids is 1. The molecule has 0 unspecified atom stereocenters. The average molecular weight is 240 g/mol. The van der Waals surface area contributed by atoms with Crippen molar-refractivity contribution >= 4 is 23.2 Å². The lowest BCUT2D eigenvalue weighted by molar-refractivity contribution is -0.122. The number of aromatic nitrogens is 1. The number of hydrogen-bond donors (Lipinski definition) is 2. The first-order valence-electron chi connectivity index (χ1n) is 5.05. The first-order valence-corrected chi connectivity index (χ1v) is 5.87. The van der Waals surface area contributed by atoms with Crippen molar-refractivity contribution in [2.75, 3.05) is 0 Å². The maximum Gasteiger partial charge on any atom is 0.355 e. The number of nitrogens with zero attached hydrogens (tertiary/aromatic N) is 1. The Labute approximate surface area is 96.5 Å². The number of carbonyl (C=O) groups excluding carboxylic acids is 1. The fourth-order valence-corrected chi connectivity index (χ4v) is 2.24. The fourth-order valence-electron chi connectivity index (χ4n) is 1.38. The number of thiazole rings is 1. The van der Waals surface area contributed by atoms with E-state index in [-0.39, 0.29) is 17.5 Å². The minimum Gasteiger partial charge on any atom is -0.476 e. The van der Waals surface area contributed by atoms with Crippen LogP contribution in [0.4, 0.5) is 0 Å². The molecular weight excluding hydrogens is 228 g/mol. The van der Waals surface area contributed by atoms with Crippen molar-refractivity contribution < 1.29 is 14.7 Å². The second-order valence-electron chi connectivity index (χ2n) is 3.81. The number of hydrogen-bond acceptors (Lipinski definition) is 4. The van der Waals surface area contributed by atoms with E-state index >= 15 is 0 Å². The minimum absolute atomic E-state index is 0.0460. The van der Waals surface area contributed by atoms with E-state index in [1.165, 1.54) is 11.3 Å². The van der Waals surface area contributed by atoms with Crippen LogP contribution in [0.15, 0.2) is 0 Å². The largest absolute Gasteiger partial charge is 0.476 e. The number of carbonyl (C=O) groups is 2. The first kappa shape index (κ1) is 11.1. The maximum absolute atomic E-state index is 11.4. The third kappa shape index (κ3) is 2.38. The Bertz CT molecular complexity index is 437. The van der Waals surface area contributed by atoms with E-state index in [9.17, 15) is 9.59 Å². The van der Waals surface area contributed by atoms with Gasteiger partial charge in [-0.2, -0.15) is 0 Å². The van der Waals surface area contributed by atoms with Gasteiger partial charge in [0.1, 0.15) is 5.01 Å². The van der Waals surface area contributed by atoms with E-state index in [1.807, 2.05) is 0 Å². The first-order chi connectivity index (χ1) is 7.58. The molecule has 1 aromatic heterocycles. The molecular formula is C10H12N2O3S. The normalized spacial score (nSPS) is 14.8. The van der Waals surface area contributed by atoms with Gasteiger partial charge >= 0.3 is 5.97 Å². The van der Waals surface area contributed by atoms with Crippen LogP contribution in [0, 0.1) is 12.8 Å². The fraction of sp³-hybridized carbons (Fsp3) is 0.500. The van der Waals surface area contributed by atoms with Crippen LogP contribution in [0.2, 0.25) is 0 Å². The van der Waals surface area contributed by atoms with E-state index < -0.39 is 5.97 Å². The van der Waals surface area contributed by atoms with Gasteiger partial charge in [-0.3, -0.25) is 4.79 Å². The van der Waals surface area contributed by atoms with E-state index in [1.54, 1.807) is 6.92 Å². The molecule has 0 radical (unpaired) electrons. The molecule has 1 fully saturated rings. The van der Waals surface area contributed by atoms with Gasteiger partial charge in [-0.05, 0) is 19.8 Å². The standard InChI is InChI=1S/C10H12N2O3S/c1-5-8(10(14)15)12-7(16-5)4-11-9(13)6-2-3-6/h6H,2-4H2,1H3,(H,11,13)(H,14,15). The molecule has 0 spiro atoms. The maximum atomic E-state index is 11.4. The number of carboxylic acid groups (broad SMARTS) is 1. The van der Waals surface area contributed by atoms with Crippen LogP contribution in [0.3, 0.4) is 0 Å². The molecule has 0 atom stereocenters. The Kier molecular flexibility index (Phi) is 2.91. The zero-order valence-corrected chi connectivity index (χ0v) is 9.63. The van der Waals surface area contributed by atoms with E-state index in [2.05, 4.69) is 10.3 Å². The molecule has 0 bridgehead atoms. The smallest absolute Gasteiger partial charge is 0.355 e. The lowest BCUT2D eigenvalue weighted by Gasteiger charge is -1.99. The highest BCUT2D eigenvalue weighted by molar-refractivity contribution is 7.11. The van der Waals surface area contributed by atoms with Crippen molar-refractivity contribution in [3.8, 4) is 0 Å². The second-order valence-corrected chi connectivity index (χ2v) is 5.10. The highest BCUT2D eigenvalue weighted by Crippen LogP contribution is 2.29.